The molecule has 1 aromatic rings. The van der Waals surface area contributed by atoms with Gasteiger partial charge in [0.15, 0.2) is 0 Å². The molecule has 2 atom stereocenters. The van der Waals surface area contributed by atoms with Crippen molar-refractivity contribution in [2.24, 2.45) is 5.41 Å². The van der Waals surface area contributed by atoms with Gasteiger partial charge >= 0.3 is 5.97 Å². The summed E-state index contributed by atoms with van der Waals surface area (Å²) in [6.07, 6.45) is 2.91. The van der Waals surface area contributed by atoms with Crippen LogP contribution in [0.3, 0.4) is 0 Å². The number of piperidine rings is 1. The summed E-state index contributed by atoms with van der Waals surface area (Å²) in [5.74, 6) is 0.197. The van der Waals surface area contributed by atoms with Crippen molar-refractivity contribution < 1.29 is 19.2 Å². The summed E-state index contributed by atoms with van der Waals surface area (Å²) < 4.78 is 10.7. The van der Waals surface area contributed by atoms with Crippen LogP contribution in [-0.4, -0.2) is 42.5 Å². The molecule has 110 valence electrons. The van der Waals surface area contributed by atoms with Crippen molar-refractivity contribution in [3.8, 4) is 0 Å². The fourth-order valence-electron chi connectivity index (χ4n) is 3.08. The van der Waals surface area contributed by atoms with Crippen LogP contribution in [0.15, 0.2) is 10.6 Å². The zero-order chi connectivity index (χ0) is 14.0. The summed E-state index contributed by atoms with van der Waals surface area (Å²) >= 11 is 0. The van der Waals surface area contributed by atoms with Crippen molar-refractivity contribution in [1.82, 2.24) is 10.5 Å². The molecule has 2 saturated heterocycles. The van der Waals surface area contributed by atoms with Crippen LogP contribution in [0.25, 0.3) is 0 Å². The van der Waals surface area contributed by atoms with Gasteiger partial charge in [-0.25, -0.2) is 0 Å². The summed E-state index contributed by atoms with van der Waals surface area (Å²) in [5, 5.41) is 16.8. The van der Waals surface area contributed by atoms with E-state index in [1.807, 2.05) is 6.07 Å². The second kappa shape index (κ2) is 5.54. The van der Waals surface area contributed by atoms with Gasteiger partial charge in [0.05, 0.1) is 17.7 Å². The Morgan fingerprint density at radius 2 is 2.50 bits per heavy atom. The van der Waals surface area contributed by atoms with Crippen molar-refractivity contribution in [3.63, 3.8) is 0 Å². The Morgan fingerprint density at radius 3 is 3.15 bits per heavy atom. The minimum Gasteiger partial charge on any atom is -0.481 e. The molecule has 1 aromatic heterocycles. The molecule has 0 bridgehead atoms. The van der Waals surface area contributed by atoms with E-state index in [0.29, 0.717) is 31.8 Å². The molecular weight excluding hydrogens is 260 g/mol. The van der Waals surface area contributed by atoms with E-state index in [0.717, 1.165) is 31.7 Å². The quantitative estimate of drug-likeness (QED) is 0.861. The highest BCUT2D eigenvalue weighted by molar-refractivity contribution is 5.75. The monoisotopic (exact) mass is 280 g/mol. The second-order valence-electron chi connectivity index (χ2n) is 5.82. The first kappa shape index (κ1) is 13.6. The Labute approximate surface area is 117 Å². The summed E-state index contributed by atoms with van der Waals surface area (Å²) in [4.78, 5) is 11.6. The van der Waals surface area contributed by atoms with Gasteiger partial charge in [-0.15, -0.1) is 0 Å². The number of carbonyl (C=O) groups is 1. The van der Waals surface area contributed by atoms with E-state index < -0.39 is 11.4 Å². The van der Waals surface area contributed by atoms with Crippen LogP contribution in [0.5, 0.6) is 0 Å². The van der Waals surface area contributed by atoms with Gasteiger partial charge in [-0.05, 0) is 25.8 Å². The number of aliphatic carboxylic acids is 1. The predicted molar refractivity (Wildman–Crippen MR) is 70.6 cm³/mol. The molecule has 2 aliphatic rings. The molecule has 6 nitrogen and oxygen atoms in total. The van der Waals surface area contributed by atoms with Gasteiger partial charge in [-0.1, -0.05) is 5.16 Å². The van der Waals surface area contributed by atoms with Crippen molar-refractivity contribution in [3.05, 3.63) is 17.5 Å². The van der Waals surface area contributed by atoms with E-state index in [9.17, 15) is 9.90 Å². The fourth-order valence-corrected chi connectivity index (χ4v) is 3.08. The lowest BCUT2D eigenvalue weighted by molar-refractivity contribution is -0.150. The van der Waals surface area contributed by atoms with E-state index in [1.165, 1.54) is 0 Å². The zero-order valence-electron chi connectivity index (χ0n) is 11.4. The van der Waals surface area contributed by atoms with Gasteiger partial charge in [-0.3, -0.25) is 4.79 Å². The van der Waals surface area contributed by atoms with Crippen molar-refractivity contribution in [2.75, 3.05) is 26.3 Å². The SMILES string of the molecule is O=C(O)C1(Cc2cc(C3CCOC3)no2)CCCNC1. The van der Waals surface area contributed by atoms with Crippen LogP contribution in [0.2, 0.25) is 0 Å². The van der Waals surface area contributed by atoms with Gasteiger partial charge in [0.1, 0.15) is 5.76 Å². The Hall–Kier alpha value is -1.40. The lowest BCUT2D eigenvalue weighted by Crippen LogP contribution is -2.46. The normalized spacial score (nSPS) is 30.5. The molecule has 2 fully saturated rings. The molecule has 2 aliphatic heterocycles. The van der Waals surface area contributed by atoms with Crippen molar-refractivity contribution >= 4 is 5.97 Å². The number of rotatable bonds is 4. The third-order valence-corrected chi connectivity index (χ3v) is 4.36. The lowest BCUT2D eigenvalue weighted by Gasteiger charge is -2.32. The van der Waals surface area contributed by atoms with Gasteiger partial charge in [0.25, 0.3) is 0 Å². The molecule has 0 saturated carbocycles. The standard InChI is InChI=1S/C14H20N2O4/c17-13(18)14(3-1-4-15-9-14)7-11-6-12(16-20-11)10-2-5-19-8-10/h6,10,15H,1-5,7-9H2,(H,17,18). The van der Waals surface area contributed by atoms with Crippen molar-refractivity contribution in [2.45, 2.75) is 31.6 Å². The van der Waals surface area contributed by atoms with E-state index in [1.54, 1.807) is 0 Å². The van der Waals surface area contributed by atoms with Gasteiger partial charge < -0.3 is 19.7 Å². The highest BCUT2D eigenvalue weighted by Gasteiger charge is 2.41. The molecule has 3 heterocycles. The molecule has 0 amide bonds. The first-order valence-corrected chi connectivity index (χ1v) is 7.17. The van der Waals surface area contributed by atoms with E-state index in [2.05, 4.69) is 10.5 Å². The Kier molecular flexibility index (Phi) is 3.76. The van der Waals surface area contributed by atoms with Crippen LogP contribution in [0.1, 0.15) is 36.6 Å². The maximum absolute atomic E-state index is 11.6. The first-order valence-electron chi connectivity index (χ1n) is 7.17. The minimum atomic E-state index is -0.763. The molecule has 2 unspecified atom stereocenters. The van der Waals surface area contributed by atoms with E-state index in [-0.39, 0.29) is 5.92 Å². The average molecular weight is 280 g/mol. The summed E-state index contributed by atoms with van der Waals surface area (Å²) in [5.41, 5.74) is 0.128. The maximum Gasteiger partial charge on any atom is 0.311 e. The third kappa shape index (κ3) is 2.58. The third-order valence-electron chi connectivity index (χ3n) is 4.36. The molecule has 0 radical (unpaired) electrons. The number of carboxylic acid groups (broad SMARTS) is 1. The number of nitrogens with one attached hydrogen (secondary N) is 1. The second-order valence-corrected chi connectivity index (χ2v) is 5.82. The summed E-state index contributed by atoms with van der Waals surface area (Å²) in [6.45, 7) is 2.81. The molecule has 0 aliphatic carbocycles. The number of nitrogens with zero attached hydrogens (tertiary/aromatic N) is 1. The Bertz CT molecular complexity index is 473. The maximum atomic E-state index is 11.6. The average Bonchev–Trinajstić information content (AvgIpc) is 3.10. The molecule has 0 aromatic carbocycles. The van der Waals surface area contributed by atoms with Gasteiger partial charge in [-0.2, -0.15) is 0 Å². The number of hydrogen-bond donors (Lipinski definition) is 2. The Morgan fingerprint density at radius 1 is 1.60 bits per heavy atom. The van der Waals surface area contributed by atoms with Crippen molar-refractivity contribution in [1.29, 1.82) is 0 Å². The molecule has 6 heteroatoms. The highest BCUT2D eigenvalue weighted by atomic mass is 16.5. The van der Waals surface area contributed by atoms with Gasteiger partial charge in [0, 0.05) is 31.6 Å². The number of carboxylic acids is 1. The van der Waals surface area contributed by atoms with Crippen LogP contribution < -0.4 is 5.32 Å². The Balaban J connectivity index is 1.73. The largest absolute Gasteiger partial charge is 0.481 e. The highest BCUT2D eigenvalue weighted by Crippen LogP contribution is 2.32. The molecule has 0 spiro atoms. The van der Waals surface area contributed by atoms with Crippen LogP contribution >= 0.6 is 0 Å². The lowest BCUT2D eigenvalue weighted by atomic mass is 9.77. The molecule has 2 N–H and O–H groups in total. The summed E-state index contributed by atoms with van der Waals surface area (Å²) in [6, 6.07) is 1.90. The predicted octanol–water partition coefficient (Wildman–Crippen LogP) is 1.18. The molecular formula is C14H20N2O4. The number of hydrogen-bond acceptors (Lipinski definition) is 5. The first-order chi connectivity index (χ1) is 9.70. The van der Waals surface area contributed by atoms with Crippen LogP contribution in [-0.2, 0) is 16.0 Å². The van der Waals surface area contributed by atoms with E-state index in [4.69, 9.17) is 9.26 Å². The topological polar surface area (TPSA) is 84.6 Å². The minimum absolute atomic E-state index is 0.290. The zero-order valence-corrected chi connectivity index (χ0v) is 11.4. The van der Waals surface area contributed by atoms with E-state index >= 15 is 0 Å². The molecule has 3 rings (SSSR count). The van der Waals surface area contributed by atoms with Crippen LogP contribution in [0, 0.1) is 5.41 Å². The van der Waals surface area contributed by atoms with Crippen LogP contribution in [0.4, 0.5) is 0 Å². The van der Waals surface area contributed by atoms with Gasteiger partial charge in [0.2, 0.25) is 0 Å². The summed E-state index contributed by atoms with van der Waals surface area (Å²) in [7, 11) is 0. The molecule has 20 heavy (non-hydrogen) atoms. The number of ether oxygens (including phenoxy) is 1. The fraction of sp³-hybridized carbons (Fsp3) is 0.714. The smallest absolute Gasteiger partial charge is 0.311 e. The number of aromatic nitrogens is 1.